The lowest BCUT2D eigenvalue weighted by Crippen LogP contribution is -2.02. The Balaban J connectivity index is 2.10. The van der Waals surface area contributed by atoms with Crippen LogP contribution in [0.5, 0.6) is 0 Å². The fraction of sp³-hybridized carbons (Fsp3) is 0.391. The van der Waals surface area contributed by atoms with Crippen LogP contribution in [0, 0.1) is 20.8 Å². The number of hydrogen-bond donors (Lipinski definition) is 0. The van der Waals surface area contributed by atoms with Gasteiger partial charge in [-0.05, 0) is 50.5 Å². The van der Waals surface area contributed by atoms with Gasteiger partial charge in [-0.1, -0.05) is 62.1 Å². The molecule has 0 radical (unpaired) electrons. The first-order valence-electron chi connectivity index (χ1n) is 9.28. The maximum absolute atomic E-state index is 2.54. The predicted octanol–water partition coefficient (Wildman–Crippen LogP) is 6.81. The zero-order valence-corrected chi connectivity index (χ0v) is 15.5. The van der Waals surface area contributed by atoms with Gasteiger partial charge >= 0.3 is 0 Å². The summed E-state index contributed by atoms with van der Waals surface area (Å²) in [5.41, 5.74) is 8.26. The first kappa shape index (κ1) is 16.8. The van der Waals surface area contributed by atoms with Crippen LogP contribution in [0.1, 0.15) is 49.3 Å². The van der Waals surface area contributed by atoms with Crippen molar-refractivity contribution in [1.82, 2.24) is 4.57 Å². The van der Waals surface area contributed by atoms with Crippen LogP contribution >= 0.6 is 0 Å². The molecular formula is C23H29N. The van der Waals surface area contributed by atoms with Crippen molar-refractivity contribution in [3.8, 4) is 11.3 Å². The van der Waals surface area contributed by atoms with Crippen molar-refractivity contribution in [2.24, 2.45) is 0 Å². The summed E-state index contributed by atoms with van der Waals surface area (Å²) in [4.78, 5) is 0. The summed E-state index contributed by atoms with van der Waals surface area (Å²) >= 11 is 0. The van der Waals surface area contributed by atoms with Crippen LogP contribution in [-0.4, -0.2) is 4.57 Å². The van der Waals surface area contributed by atoms with Gasteiger partial charge in [0.1, 0.15) is 0 Å². The lowest BCUT2D eigenvalue weighted by atomic mass is 9.97. The van der Waals surface area contributed by atoms with Gasteiger partial charge in [0, 0.05) is 28.7 Å². The normalized spacial score (nSPS) is 11.3. The standard InChI is InChI=1S/C23H29N/c1-5-6-7-10-13-24-21-12-9-8-11-20(21)16-22(24)23-18(3)14-17(2)15-19(23)4/h8-9,11-12,14-16H,5-7,10,13H2,1-4H3. The molecule has 1 aromatic heterocycles. The van der Waals surface area contributed by atoms with E-state index >= 15 is 0 Å². The van der Waals surface area contributed by atoms with Crippen LogP contribution in [0.2, 0.25) is 0 Å². The molecule has 2 aromatic carbocycles. The summed E-state index contributed by atoms with van der Waals surface area (Å²) in [6, 6.07) is 15.8. The molecule has 3 aromatic rings. The Bertz CT molecular complexity index is 815. The van der Waals surface area contributed by atoms with Gasteiger partial charge in [0.15, 0.2) is 0 Å². The van der Waals surface area contributed by atoms with E-state index < -0.39 is 0 Å². The molecule has 0 amide bonds. The van der Waals surface area contributed by atoms with E-state index in [-0.39, 0.29) is 0 Å². The zero-order valence-electron chi connectivity index (χ0n) is 15.5. The summed E-state index contributed by atoms with van der Waals surface area (Å²) in [5.74, 6) is 0. The number of unbranched alkanes of at least 4 members (excludes halogenated alkanes) is 3. The van der Waals surface area contributed by atoms with Crippen molar-refractivity contribution >= 4 is 10.9 Å². The summed E-state index contributed by atoms with van der Waals surface area (Å²) < 4.78 is 2.54. The van der Waals surface area contributed by atoms with Crippen LogP contribution in [0.4, 0.5) is 0 Å². The average molecular weight is 319 g/mol. The van der Waals surface area contributed by atoms with E-state index in [1.54, 1.807) is 0 Å². The highest BCUT2D eigenvalue weighted by Crippen LogP contribution is 2.33. The van der Waals surface area contributed by atoms with Crippen LogP contribution in [0.25, 0.3) is 22.2 Å². The highest BCUT2D eigenvalue weighted by Gasteiger charge is 2.14. The number of aryl methyl sites for hydroxylation is 4. The highest BCUT2D eigenvalue weighted by atomic mass is 15.0. The van der Waals surface area contributed by atoms with Gasteiger partial charge in [0.2, 0.25) is 0 Å². The molecule has 3 rings (SSSR count). The van der Waals surface area contributed by atoms with Crippen molar-refractivity contribution in [1.29, 1.82) is 0 Å². The highest BCUT2D eigenvalue weighted by molar-refractivity contribution is 5.88. The molecule has 0 aliphatic rings. The second-order valence-corrected chi connectivity index (χ2v) is 7.07. The van der Waals surface area contributed by atoms with E-state index in [0.717, 1.165) is 6.54 Å². The third-order valence-corrected chi connectivity index (χ3v) is 4.98. The van der Waals surface area contributed by atoms with Gasteiger partial charge in [0.05, 0.1) is 0 Å². The van der Waals surface area contributed by atoms with E-state index in [2.05, 4.69) is 74.7 Å². The van der Waals surface area contributed by atoms with E-state index in [1.165, 1.54) is 64.5 Å². The molecule has 0 bridgehead atoms. The van der Waals surface area contributed by atoms with Crippen molar-refractivity contribution in [3.63, 3.8) is 0 Å². The summed E-state index contributed by atoms with van der Waals surface area (Å²) in [6.45, 7) is 10.1. The molecule has 1 heteroatoms. The van der Waals surface area contributed by atoms with E-state index in [1.807, 2.05) is 0 Å². The molecule has 0 saturated heterocycles. The number of fused-ring (bicyclic) bond motifs is 1. The van der Waals surface area contributed by atoms with Gasteiger partial charge in [-0.3, -0.25) is 0 Å². The molecule has 0 unspecified atom stereocenters. The maximum Gasteiger partial charge on any atom is 0.0496 e. The predicted molar refractivity (Wildman–Crippen MR) is 106 cm³/mol. The van der Waals surface area contributed by atoms with Gasteiger partial charge < -0.3 is 4.57 Å². The molecule has 126 valence electrons. The molecular weight excluding hydrogens is 290 g/mol. The number of hydrogen-bond acceptors (Lipinski definition) is 0. The van der Waals surface area contributed by atoms with Crippen LogP contribution < -0.4 is 0 Å². The molecule has 0 N–H and O–H groups in total. The minimum atomic E-state index is 1.11. The number of para-hydroxylation sites is 1. The Kier molecular flexibility index (Phi) is 5.08. The summed E-state index contributed by atoms with van der Waals surface area (Å²) in [6.07, 6.45) is 5.18. The van der Waals surface area contributed by atoms with Gasteiger partial charge in [-0.25, -0.2) is 0 Å². The SMILES string of the molecule is CCCCCCn1c(-c2c(C)cc(C)cc2C)cc2ccccc21. The minimum Gasteiger partial charge on any atom is -0.340 e. The fourth-order valence-corrected chi connectivity index (χ4v) is 3.94. The Hall–Kier alpha value is -2.02. The van der Waals surface area contributed by atoms with Crippen molar-refractivity contribution < 1.29 is 0 Å². The van der Waals surface area contributed by atoms with Crippen LogP contribution in [0.15, 0.2) is 42.5 Å². The first-order chi connectivity index (χ1) is 11.6. The molecule has 1 heterocycles. The fourth-order valence-electron chi connectivity index (χ4n) is 3.94. The number of nitrogens with zero attached hydrogens (tertiary/aromatic N) is 1. The molecule has 24 heavy (non-hydrogen) atoms. The second-order valence-electron chi connectivity index (χ2n) is 7.07. The molecule has 0 aliphatic carbocycles. The summed E-state index contributed by atoms with van der Waals surface area (Å²) in [5, 5.41) is 1.35. The Morgan fingerprint density at radius 1 is 0.833 bits per heavy atom. The van der Waals surface area contributed by atoms with Crippen LogP contribution in [0.3, 0.4) is 0 Å². The van der Waals surface area contributed by atoms with Gasteiger partial charge in [-0.2, -0.15) is 0 Å². The van der Waals surface area contributed by atoms with Crippen molar-refractivity contribution in [3.05, 3.63) is 59.2 Å². The topological polar surface area (TPSA) is 4.93 Å². The Morgan fingerprint density at radius 2 is 1.54 bits per heavy atom. The number of benzene rings is 2. The zero-order chi connectivity index (χ0) is 17.1. The first-order valence-corrected chi connectivity index (χ1v) is 9.28. The second kappa shape index (κ2) is 7.25. The maximum atomic E-state index is 2.54. The van der Waals surface area contributed by atoms with E-state index in [0.29, 0.717) is 0 Å². The number of aromatic nitrogens is 1. The molecule has 0 saturated carbocycles. The lowest BCUT2D eigenvalue weighted by molar-refractivity contribution is 0.596. The monoisotopic (exact) mass is 319 g/mol. The molecule has 0 fully saturated rings. The van der Waals surface area contributed by atoms with Crippen molar-refractivity contribution in [2.75, 3.05) is 0 Å². The third kappa shape index (κ3) is 3.26. The van der Waals surface area contributed by atoms with Gasteiger partial charge in [-0.15, -0.1) is 0 Å². The van der Waals surface area contributed by atoms with E-state index in [9.17, 15) is 0 Å². The van der Waals surface area contributed by atoms with Crippen LogP contribution in [-0.2, 0) is 6.54 Å². The average Bonchev–Trinajstić information content (AvgIpc) is 2.89. The lowest BCUT2D eigenvalue weighted by Gasteiger charge is -2.16. The summed E-state index contributed by atoms with van der Waals surface area (Å²) in [7, 11) is 0. The number of rotatable bonds is 6. The minimum absolute atomic E-state index is 1.11. The molecule has 0 spiro atoms. The quantitative estimate of drug-likeness (QED) is 0.440. The Labute approximate surface area is 146 Å². The third-order valence-electron chi connectivity index (χ3n) is 4.98. The smallest absolute Gasteiger partial charge is 0.0496 e. The van der Waals surface area contributed by atoms with Crippen molar-refractivity contribution in [2.45, 2.75) is 59.9 Å². The molecule has 0 atom stereocenters. The molecule has 0 aliphatic heterocycles. The Morgan fingerprint density at radius 3 is 2.25 bits per heavy atom. The van der Waals surface area contributed by atoms with Gasteiger partial charge in [0.25, 0.3) is 0 Å². The largest absolute Gasteiger partial charge is 0.340 e. The molecule has 1 nitrogen and oxygen atoms in total. The van der Waals surface area contributed by atoms with E-state index in [4.69, 9.17) is 0 Å².